The lowest BCUT2D eigenvalue weighted by atomic mass is 9.33. The second-order valence-corrected chi connectivity index (χ2v) is 11.3. The number of fused-ring (bicyclic) bond motifs is 1. The number of hydrogen-bond donors (Lipinski definition) is 0. The maximum absolute atomic E-state index is 13.6. The molecule has 0 spiro atoms. The molecule has 4 fully saturated rings. The molecule has 4 aliphatic rings. The summed E-state index contributed by atoms with van der Waals surface area (Å²) in [6.45, 7) is 2.37. The van der Waals surface area contributed by atoms with Crippen molar-refractivity contribution in [2.45, 2.75) is 62.6 Å². The lowest BCUT2D eigenvalue weighted by Crippen LogP contribution is -2.70. The minimum Gasteiger partial charge on any atom is -0.373 e. The van der Waals surface area contributed by atoms with Gasteiger partial charge in [0.1, 0.15) is 5.82 Å². The van der Waals surface area contributed by atoms with Crippen molar-refractivity contribution in [3.8, 4) is 0 Å². The van der Waals surface area contributed by atoms with Gasteiger partial charge < -0.3 is 9.30 Å². The van der Waals surface area contributed by atoms with Crippen LogP contribution in [0.2, 0.25) is 0 Å². The second-order valence-electron chi connectivity index (χ2n) is 10.4. The highest BCUT2D eigenvalue weighted by Crippen LogP contribution is 2.78. The molecule has 3 aromatic heterocycles. The van der Waals surface area contributed by atoms with Crippen molar-refractivity contribution in [3.63, 3.8) is 0 Å². The zero-order chi connectivity index (χ0) is 24.8. The SMILES string of the molecule is Cc1nc2nc([C@H]3CCO[C@@H](c4ccc(=O)n(C)c4)C3)nc(C34CC(C(F)(F)F)(C3)C4)c2cc1Br. The van der Waals surface area contributed by atoms with E-state index in [1.165, 1.54) is 10.6 Å². The van der Waals surface area contributed by atoms with Crippen molar-refractivity contribution >= 4 is 27.0 Å². The summed E-state index contributed by atoms with van der Waals surface area (Å²) in [5.41, 5.74) is 0.682. The quantitative estimate of drug-likeness (QED) is 0.437. The van der Waals surface area contributed by atoms with E-state index in [0.29, 0.717) is 36.6 Å². The van der Waals surface area contributed by atoms with Crippen LogP contribution in [0.4, 0.5) is 13.2 Å². The molecule has 7 rings (SSSR count). The smallest absolute Gasteiger partial charge is 0.373 e. The normalized spacial score (nSPS) is 30.1. The monoisotopic (exact) mass is 548 g/mol. The van der Waals surface area contributed by atoms with Crippen molar-refractivity contribution in [1.82, 2.24) is 19.5 Å². The Morgan fingerprint density at radius 1 is 1.17 bits per heavy atom. The van der Waals surface area contributed by atoms with Gasteiger partial charge in [0.25, 0.3) is 0 Å². The van der Waals surface area contributed by atoms with Crippen LogP contribution < -0.4 is 5.56 Å². The predicted octanol–water partition coefficient (Wildman–Crippen LogP) is 5.41. The molecule has 4 heterocycles. The summed E-state index contributed by atoms with van der Waals surface area (Å²) in [7, 11) is 1.70. The van der Waals surface area contributed by atoms with E-state index >= 15 is 0 Å². The largest absolute Gasteiger partial charge is 0.394 e. The Morgan fingerprint density at radius 3 is 2.60 bits per heavy atom. The number of halogens is 4. The van der Waals surface area contributed by atoms with Crippen LogP contribution in [0.1, 0.15) is 66.9 Å². The van der Waals surface area contributed by atoms with Crippen molar-refractivity contribution < 1.29 is 17.9 Å². The molecule has 0 unspecified atom stereocenters. The first kappa shape index (κ1) is 23.1. The molecule has 184 valence electrons. The summed E-state index contributed by atoms with van der Waals surface area (Å²) in [5, 5.41) is 0.725. The lowest BCUT2D eigenvalue weighted by Gasteiger charge is -2.70. The van der Waals surface area contributed by atoms with Crippen LogP contribution in [0, 0.1) is 12.3 Å². The molecule has 2 atom stereocenters. The molecular weight excluding hydrogens is 525 g/mol. The van der Waals surface area contributed by atoms with Gasteiger partial charge in [0, 0.05) is 47.1 Å². The van der Waals surface area contributed by atoms with Crippen LogP contribution in [-0.2, 0) is 17.2 Å². The van der Waals surface area contributed by atoms with Crippen molar-refractivity contribution in [1.29, 1.82) is 0 Å². The van der Waals surface area contributed by atoms with Gasteiger partial charge in [0.15, 0.2) is 5.65 Å². The molecule has 0 radical (unpaired) electrons. The molecule has 3 aliphatic carbocycles. The summed E-state index contributed by atoms with van der Waals surface area (Å²) < 4.78 is 49.1. The van der Waals surface area contributed by atoms with Gasteiger partial charge in [-0.15, -0.1) is 0 Å². The third kappa shape index (κ3) is 3.47. The molecule has 0 N–H and O–H groups in total. The fourth-order valence-electron chi connectivity index (χ4n) is 6.13. The van der Waals surface area contributed by atoms with E-state index in [-0.39, 0.29) is 36.8 Å². The summed E-state index contributed by atoms with van der Waals surface area (Å²) in [5.74, 6) is 0.592. The molecule has 3 saturated carbocycles. The standard InChI is InChI=1S/C25H24BrF3N4O2/c1-13-17(26)8-16-20(23-10-24(11-23,12-23)25(27,28)29)31-21(32-22(16)30-13)14-5-6-35-18(7-14)15-3-4-19(34)33(2)9-15/h3-4,8-9,14,18H,5-7,10-12H2,1-2H3/t14-,18+,23?,24?/m0/s1. The molecule has 2 bridgehead atoms. The number of alkyl halides is 3. The zero-order valence-corrected chi connectivity index (χ0v) is 20.9. The third-order valence-corrected chi connectivity index (χ3v) is 8.90. The van der Waals surface area contributed by atoms with E-state index in [1.54, 1.807) is 19.3 Å². The Balaban J connectivity index is 1.38. The average Bonchev–Trinajstić information content (AvgIpc) is 2.74. The number of rotatable bonds is 3. The number of nitrogens with zero attached hydrogens (tertiary/aromatic N) is 4. The Morgan fingerprint density at radius 2 is 1.91 bits per heavy atom. The van der Waals surface area contributed by atoms with Crippen LogP contribution >= 0.6 is 15.9 Å². The first-order valence-electron chi connectivity index (χ1n) is 11.7. The highest BCUT2D eigenvalue weighted by atomic mass is 79.9. The van der Waals surface area contributed by atoms with Gasteiger partial charge in [-0.2, -0.15) is 13.2 Å². The van der Waals surface area contributed by atoms with Gasteiger partial charge in [-0.3, -0.25) is 4.79 Å². The summed E-state index contributed by atoms with van der Waals surface area (Å²) in [6.07, 6.45) is -1.05. The number of ether oxygens (including phenoxy) is 1. The number of pyridine rings is 2. The average molecular weight is 549 g/mol. The van der Waals surface area contributed by atoms with Gasteiger partial charge >= 0.3 is 6.18 Å². The van der Waals surface area contributed by atoms with Gasteiger partial charge in [0.05, 0.1) is 22.9 Å². The van der Waals surface area contributed by atoms with E-state index in [1.807, 2.05) is 13.0 Å². The topological polar surface area (TPSA) is 69.9 Å². The van der Waals surface area contributed by atoms with Crippen molar-refractivity contribution in [3.05, 3.63) is 62.0 Å². The fraction of sp³-hybridized carbons (Fsp3) is 0.520. The first-order chi connectivity index (χ1) is 16.5. The van der Waals surface area contributed by atoms with Gasteiger partial charge in [-0.1, -0.05) is 0 Å². The molecule has 0 amide bonds. The van der Waals surface area contributed by atoms with E-state index in [9.17, 15) is 18.0 Å². The zero-order valence-electron chi connectivity index (χ0n) is 19.3. The van der Waals surface area contributed by atoms with Gasteiger partial charge in [-0.05, 0) is 72.7 Å². The Labute approximate surface area is 208 Å². The third-order valence-electron chi connectivity index (χ3n) is 8.10. The van der Waals surface area contributed by atoms with Crippen LogP contribution in [0.15, 0.2) is 33.7 Å². The van der Waals surface area contributed by atoms with E-state index in [4.69, 9.17) is 14.7 Å². The highest BCUT2D eigenvalue weighted by Gasteiger charge is 2.79. The summed E-state index contributed by atoms with van der Waals surface area (Å²) in [6, 6.07) is 5.20. The maximum Gasteiger partial charge on any atom is 0.394 e. The number of hydrogen-bond acceptors (Lipinski definition) is 5. The Hall–Kier alpha value is -2.33. The fourth-order valence-corrected chi connectivity index (χ4v) is 6.45. The molecular formula is C25H24BrF3N4O2. The highest BCUT2D eigenvalue weighted by molar-refractivity contribution is 9.10. The molecule has 1 aliphatic heterocycles. The molecule has 6 nitrogen and oxygen atoms in total. The number of aromatic nitrogens is 4. The van der Waals surface area contributed by atoms with Crippen LogP contribution in [-0.4, -0.2) is 32.3 Å². The summed E-state index contributed by atoms with van der Waals surface area (Å²) >= 11 is 3.51. The Kier molecular flexibility index (Phi) is 5.00. The van der Waals surface area contributed by atoms with E-state index < -0.39 is 17.0 Å². The van der Waals surface area contributed by atoms with Crippen LogP contribution in [0.3, 0.4) is 0 Å². The Bertz CT molecular complexity index is 1400. The molecule has 1 saturated heterocycles. The second kappa shape index (κ2) is 7.59. The maximum atomic E-state index is 13.6. The van der Waals surface area contributed by atoms with Crippen molar-refractivity contribution in [2.75, 3.05) is 6.61 Å². The number of aryl methyl sites for hydroxylation is 2. The van der Waals surface area contributed by atoms with Gasteiger partial charge in [0.2, 0.25) is 5.56 Å². The van der Waals surface area contributed by atoms with Gasteiger partial charge in [-0.25, -0.2) is 15.0 Å². The predicted molar refractivity (Wildman–Crippen MR) is 126 cm³/mol. The van der Waals surface area contributed by atoms with E-state index in [0.717, 1.165) is 21.1 Å². The molecule has 0 aromatic carbocycles. The lowest BCUT2D eigenvalue weighted by molar-refractivity contribution is -0.337. The molecule has 10 heteroatoms. The molecule has 3 aromatic rings. The first-order valence-corrected chi connectivity index (χ1v) is 12.5. The van der Waals surface area contributed by atoms with E-state index in [2.05, 4.69) is 20.9 Å². The minimum atomic E-state index is -4.18. The van der Waals surface area contributed by atoms with Crippen LogP contribution in [0.5, 0.6) is 0 Å². The molecule has 35 heavy (non-hydrogen) atoms. The summed E-state index contributed by atoms with van der Waals surface area (Å²) in [4.78, 5) is 26.2. The minimum absolute atomic E-state index is 0.0242. The van der Waals surface area contributed by atoms with Crippen molar-refractivity contribution in [2.24, 2.45) is 12.5 Å². The van der Waals surface area contributed by atoms with Crippen LogP contribution in [0.25, 0.3) is 11.0 Å².